The van der Waals surface area contributed by atoms with Crippen molar-refractivity contribution in [1.29, 1.82) is 0 Å². The van der Waals surface area contributed by atoms with Crippen LogP contribution in [0.5, 0.6) is 0 Å². The van der Waals surface area contributed by atoms with Crippen molar-refractivity contribution >= 4 is 36.2 Å². The summed E-state index contributed by atoms with van der Waals surface area (Å²) >= 11 is 0. The molecule has 0 aliphatic carbocycles. The molecule has 1 unspecified atom stereocenters. The Morgan fingerprint density at radius 3 is 2.00 bits per heavy atom. The fourth-order valence-electron chi connectivity index (χ4n) is 7.15. The van der Waals surface area contributed by atoms with E-state index in [1.165, 1.54) is 16.7 Å². The van der Waals surface area contributed by atoms with Gasteiger partial charge in [0, 0.05) is 51.3 Å². The molecule has 3 aromatic heterocycles. The Labute approximate surface area is 249 Å². The van der Waals surface area contributed by atoms with Crippen LogP contribution in [0.25, 0.3) is 24.3 Å². The van der Waals surface area contributed by atoms with Gasteiger partial charge < -0.3 is 35.2 Å². The smallest absolute Gasteiger partial charge is 0.303 e. The molecular formula is C34H40N4O5. The average molecular weight is 585 g/mol. The molecule has 0 aromatic carbocycles. The third-order valence-electron chi connectivity index (χ3n) is 9.77. The number of aromatic nitrogens is 3. The topological polar surface area (TPSA) is 147 Å². The molecule has 3 aliphatic heterocycles. The largest absolute Gasteiger partial charge is 0.481 e. The minimum absolute atomic E-state index is 0.00708. The molecule has 6 heterocycles. The number of carboxylic acid groups (broad SMARTS) is 2. The van der Waals surface area contributed by atoms with E-state index in [4.69, 9.17) is 4.74 Å². The average Bonchev–Trinajstić information content (AvgIpc) is 3.09. The van der Waals surface area contributed by atoms with Crippen molar-refractivity contribution in [3.63, 3.8) is 0 Å². The molecule has 9 heteroatoms. The first-order valence-electron chi connectivity index (χ1n) is 15.1. The number of epoxide rings is 1. The molecule has 3 aliphatic rings. The van der Waals surface area contributed by atoms with E-state index in [2.05, 4.69) is 66.2 Å². The van der Waals surface area contributed by atoms with Crippen molar-refractivity contribution in [3.05, 3.63) is 77.4 Å². The van der Waals surface area contributed by atoms with E-state index in [1.807, 2.05) is 19.9 Å². The highest BCUT2D eigenvalue weighted by atomic mass is 16.6. The van der Waals surface area contributed by atoms with E-state index < -0.39 is 17.5 Å². The highest BCUT2D eigenvalue weighted by Crippen LogP contribution is 2.50. The Balaban J connectivity index is 1.68. The Morgan fingerprint density at radius 1 is 0.791 bits per heavy atom. The third kappa shape index (κ3) is 4.76. The number of carbonyl (C=O) groups is 2. The van der Waals surface area contributed by atoms with Crippen molar-refractivity contribution in [1.82, 2.24) is 20.3 Å². The number of ether oxygens (including phenoxy) is 1. The van der Waals surface area contributed by atoms with Crippen LogP contribution < -0.4 is 26.7 Å². The Hall–Kier alpha value is -4.24. The van der Waals surface area contributed by atoms with E-state index >= 15 is 0 Å². The summed E-state index contributed by atoms with van der Waals surface area (Å²) in [6, 6.07) is -0.114. The second-order valence-corrected chi connectivity index (χ2v) is 12.1. The number of carboxylic acids is 2. The predicted molar refractivity (Wildman–Crippen MR) is 165 cm³/mol. The number of aliphatic carboxylic acids is 2. The molecule has 226 valence electrons. The zero-order chi connectivity index (χ0) is 30.8. The molecule has 0 amide bonds. The van der Waals surface area contributed by atoms with Gasteiger partial charge in [-0.2, -0.15) is 0 Å². The normalized spacial score (nSPS) is 25.2. The summed E-state index contributed by atoms with van der Waals surface area (Å²) < 4.78 is 6.30. The Bertz CT molecular complexity index is 1950. The van der Waals surface area contributed by atoms with Crippen LogP contribution in [0.3, 0.4) is 0 Å². The summed E-state index contributed by atoms with van der Waals surface area (Å²) in [6.45, 7) is 12.6. The number of rotatable bonds is 7. The van der Waals surface area contributed by atoms with Crippen molar-refractivity contribution < 1.29 is 24.5 Å². The molecule has 1 fully saturated rings. The predicted octanol–water partition coefficient (Wildman–Crippen LogP) is 1.83. The summed E-state index contributed by atoms with van der Waals surface area (Å²) in [5.74, 6) is -1.70. The van der Waals surface area contributed by atoms with Gasteiger partial charge in [-0.15, -0.1) is 0 Å². The Morgan fingerprint density at radius 2 is 1.37 bits per heavy atom. The van der Waals surface area contributed by atoms with E-state index in [1.54, 1.807) is 0 Å². The van der Waals surface area contributed by atoms with E-state index in [9.17, 15) is 19.8 Å². The number of allylic oxidation sites excluding steroid dienone is 1. The van der Waals surface area contributed by atoms with Gasteiger partial charge in [0.2, 0.25) is 0 Å². The number of hydrogen-bond donors (Lipinski definition) is 6. The molecule has 9 nitrogen and oxygen atoms in total. The SMILES string of the molecule is CCc1c(C)/c2[nH]/c1=C\C1=C(C)[C@]3(O[C@@H]3C)C(/C=c3\[nH]/c(c(CCC(=O)O)c3C)=C\c3[nH]c(c(C)c3CCC(=O)O)\C=2)N1. The zero-order valence-corrected chi connectivity index (χ0v) is 25.6. The molecule has 0 saturated carbocycles. The zero-order valence-electron chi connectivity index (χ0n) is 25.6. The van der Waals surface area contributed by atoms with Gasteiger partial charge in [0.1, 0.15) is 5.60 Å². The molecule has 6 rings (SSSR count). The van der Waals surface area contributed by atoms with Gasteiger partial charge in [-0.1, -0.05) is 6.92 Å². The first-order chi connectivity index (χ1) is 20.4. The highest BCUT2D eigenvalue weighted by molar-refractivity contribution is 5.70. The van der Waals surface area contributed by atoms with Crippen LogP contribution in [0, 0.1) is 20.8 Å². The number of aromatic amines is 3. The summed E-state index contributed by atoms with van der Waals surface area (Å²) in [7, 11) is 0. The minimum atomic E-state index is -0.853. The molecule has 8 bridgehead atoms. The van der Waals surface area contributed by atoms with E-state index in [0.717, 1.165) is 67.2 Å². The monoisotopic (exact) mass is 584 g/mol. The van der Waals surface area contributed by atoms with E-state index in [-0.39, 0.29) is 25.0 Å². The molecule has 3 aromatic rings. The number of fused-ring (bicyclic) bond motifs is 9. The molecular weight excluding hydrogens is 544 g/mol. The second-order valence-electron chi connectivity index (χ2n) is 12.1. The van der Waals surface area contributed by atoms with Crippen molar-refractivity contribution in [3.8, 4) is 0 Å². The quantitative estimate of drug-likeness (QED) is 0.234. The van der Waals surface area contributed by atoms with Gasteiger partial charge in [-0.25, -0.2) is 0 Å². The maximum absolute atomic E-state index is 11.6. The molecule has 1 saturated heterocycles. The summed E-state index contributed by atoms with van der Waals surface area (Å²) in [5.41, 5.74) is 9.79. The third-order valence-corrected chi connectivity index (χ3v) is 9.77. The fourth-order valence-corrected chi connectivity index (χ4v) is 7.15. The molecule has 1 spiro atoms. The van der Waals surface area contributed by atoms with Crippen molar-refractivity contribution in [2.24, 2.45) is 0 Å². The van der Waals surface area contributed by atoms with Crippen LogP contribution in [0.2, 0.25) is 0 Å². The first kappa shape index (κ1) is 28.9. The summed E-state index contributed by atoms with van der Waals surface area (Å²) in [5, 5.41) is 26.5. The van der Waals surface area contributed by atoms with Gasteiger partial charge >= 0.3 is 11.9 Å². The van der Waals surface area contributed by atoms with Gasteiger partial charge in [0.15, 0.2) is 0 Å². The highest BCUT2D eigenvalue weighted by Gasteiger charge is 2.63. The van der Waals surface area contributed by atoms with Crippen LogP contribution >= 0.6 is 0 Å². The van der Waals surface area contributed by atoms with Crippen LogP contribution in [0.1, 0.15) is 78.4 Å². The molecule has 0 radical (unpaired) electrons. The molecule has 3 atom stereocenters. The lowest BCUT2D eigenvalue weighted by Crippen LogP contribution is -2.36. The van der Waals surface area contributed by atoms with Crippen LogP contribution in [0.4, 0.5) is 0 Å². The van der Waals surface area contributed by atoms with Gasteiger partial charge in [0.05, 0.1) is 12.1 Å². The van der Waals surface area contributed by atoms with Crippen LogP contribution in [-0.4, -0.2) is 54.9 Å². The lowest BCUT2D eigenvalue weighted by atomic mass is 9.91. The van der Waals surface area contributed by atoms with E-state index in [0.29, 0.717) is 12.8 Å². The maximum Gasteiger partial charge on any atom is 0.303 e. The van der Waals surface area contributed by atoms with Gasteiger partial charge in [-0.05, 0) is 117 Å². The first-order valence-corrected chi connectivity index (χ1v) is 15.1. The van der Waals surface area contributed by atoms with Gasteiger partial charge in [-0.3, -0.25) is 9.59 Å². The summed E-state index contributed by atoms with van der Waals surface area (Å²) in [6.07, 6.45) is 10.2. The maximum atomic E-state index is 11.6. The lowest BCUT2D eigenvalue weighted by molar-refractivity contribution is -0.138. The van der Waals surface area contributed by atoms with Gasteiger partial charge in [0.25, 0.3) is 0 Å². The lowest BCUT2D eigenvalue weighted by Gasteiger charge is -2.14. The van der Waals surface area contributed by atoms with Crippen LogP contribution in [-0.2, 0) is 33.6 Å². The summed E-state index contributed by atoms with van der Waals surface area (Å²) in [4.78, 5) is 34.0. The number of hydrogen-bond acceptors (Lipinski definition) is 4. The number of nitrogens with one attached hydrogen (secondary N) is 4. The van der Waals surface area contributed by atoms with Crippen LogP contribution in [0.15, 0.2) is 11.3 Å². The molecule has 43 heavy (non-hydrogen) atoms. The standard InChI is InChI=1S/C34H40N4O5/c1-7-21-16(2)24-12-25-17(3)22(8-10-32(39)40)29(36-25)14-30-23(9-11-33(41)42)18(4)26(37-30)15-31-34(20(6)43-34)19(5)27(38-31)13-28(21)35-24/h12-15,20,31,35-38H,7-11H2,1-6H3,(H,39,40)(H,41,42)/b24-12-,26-15-,28-13-,30-14-/t20-,31?,34-/m1/s1. The Kier molecular flexibility index (Phi) is 7.04. The number of H-pyrrole nitrogens is 3. The second kappa shape index (κ2) is 10.5. The van der Waals surface area contributed by atoms with Crippen molar-refractivity contribution in [2.75, 3.05) is 0 Å². The minimum Gasteiger partial charge on any atom is -0.481 e. The van der Waals surface area contributed by atoms with Crippen molar-refractivity contribution in [2.45, 2.75) is 91.4 Å². The fraction of sp³-hybridized carbons (Fsp3) is 0.412. The molecule has 6 N–H and O–H groups in total.